The van der Waals surface area contributed by atoms with Crippen molar-refractivity contribution in [2.24, 2.45) is 0 Å². The van der Waals surface area contributed by atoms with Gasteiger partial charge in [0.05, 0.1) is 16.9 Å². The van der Waals surface area contributed by atoms with E-state index in [0.717, 1.165) is 0 Å². The van der Waals surface area contributed by atoms with Crippen molar-refractivity contribution in [1.29, 1.82) is 0 Å². The molecule has 0 aromatic carbocycles. The Kier molecular flexibility index (Phi) is 2.10. The molecule has 1 aliphatic rings. The molecule has 5 heteroatoms. The molecule has 0 atom stereocenters. The van der Waals surface area contributed by atoms with Gasteiger partial charge in [-0.25, -0.2) is 8.78 Å². The fourth-order valence-corrected chi connectivity index (χ4v) is 1.91. The van der Waals surface area contributed by atoms with Crippen molar-refractivity contribution in [3.05, 3.63) is 23.0 Å². The molecule has 0 spiro atoms. The van der Waals surface area contributed by atoms with E-state index in [4.69, 9.17) is 16.7 Å². The largest absolute Gasteiger partial charge is 0.506 e. The Bertz CT molecular complexity index is 362. The molecule has 2 rings (SSSR count). The van der Waals surface area contributed by atoms with Gasteiger partial charge in [0.25, 0.3) is 0 Å². The van der Waals surface area contributed by atoms with Crippen molar-refractivity contribution in [2.45, 2.75) is 24.7 Å². The minimum absolute atomic E-state index is 0.0511. The van der Waals surface area contributed by atoms with Crippen LogP contribution in [0.2, 0.25) is 5.02 Å². The molecule has 0 radical (unpaired) electrons. The SMILES string of the molecule is Oc1cnc(C2CC(F)(F)C2)c(Cl)c1. The minimum atomic E-state index is -2.58. The third-order valence-corrected chi connectivity index (χ3v) is 2.63. The maximum Gasteiger partial charge on any atom is 0.249 e. The topological polar surface area (TPSA) is 33.1 Å². The zero-order valence-corrected chi connectivity index (χ0v) is 7.93. The lowest BCUT2D eigenvalue weighted by molar-refractivity contribution is -0.0875. The average molecular weight is 220 g/mol. The molecule has 0 amide bonds. The maximum atomic E-state index is 12.6. The van der Waals surface area contributed by atoms with Crippen LogP contribution in [0.1, 0.15) is 24.5 Å². The normalized spacial score (nSPS) is 20.5. The molecule has 2 nitrogen and oxygen atoms in total. The zero-order valence-electron chi connectivity index (χ0n) is 7.17. The number of halogens is 3. The van der Waals surface area contributed by atoms with Crippen LogP contribution < -0.4 is 0 Å². The van der Waals surface area contributed by atoms with Gasteiger partial charge in [-0.2, -0.15) is 0 Å². The van der Waals surface area contributed by atoms with Gasteiger partial charge >= 0.3 is 0 Å². The van der Waals surface area contributed by atoms with Gasteiger partial charge < -0.3 is 5.11 Å². The average Bonchev–Trinajstić information content (AvgIpc) is 2.00. The first-order chi connectivity index (χ1) is 6.48. The maximum absolute atomic E-state index is 12.6. The van der Waals surface area contributed by atoms with Gasteiger partial charge in [-0.3, -0.25) is 4.98 Å². The lowest BCUT2D eigenvalue weighted by atomic mass is 9.79. The Balaban J connectivity index is 2.19. The lowest BCUT2D eigenvalue weighted by Crippen LogP contribution is -2.34. The monoisotopic (exact) mass is 219 g/mol. The fourth-order valence-electron chi connectivity index (χ4n) is 1.59. The lowest BCUT2D eigenvalue weighted by Gasteiger charge is -2.34. The number of nitrogens with zero attached hydrogens (tertiary/aromatic N) is 1. The second-order valence-corrected chi connectivity index (χ2v) is 3.93. The van der Waals surface area contributed by atoms with Crippen LogP contribution in [0.5, 0.6) is 5.75 Å². The molecule has 1 N–H and O–H groups in total. The van der Waals surface area contributed by atoms with Gasteiger partial charge in [0.2, 0.25) is 5.92 Å². The molecule has 14 heavy (non-hydrogen) atoms. The van der Waals surface area contributed by atoms with Gasteiger partial charge in [-0.1, -0.05) is 11.6 Å². The third kappa shape index (κ3) is 1.66. The Morgan fingerprint density at radius 3 is 2.64 bits per heavy atom. The van der Waals surface area contributed by atoms with E-state index in [-0.39, 0.29) is 29.5 Å². The second-order valence-electron chi connectivity index (χ2n) is 3.52. The third-order valence-electron chi connectivity index (χ3n) is 2.33. The van der Waals surface area contributed by atoms with Crippen LogP contribution in [0.3, 0.4) is 0 Å². The number of pyridine rings is 1. The Labute approximate surface area is 84.5 Å². The van der Waals surface area contributed by atoms with Crippen molar-refractivity contribution in [2.75, 3.05) is 0 Å². The molecule has 0 saturated heterocycles. The van der Waals surface area contributed by atoms with Gasteiger partial charge in [0.15, 0.2) is 0 Å². The first-order valence-electron chi connectivity index (χ1n) is 4.20. The molecule has 1 aliphatic carbocycles. The standard InChI is InChI=1S/C9H8ClF2NO/c10-7-1-6(14)4-13-8(7)5-2-9(11,12)3-5/h1,4-5,14H,2-3H2. The first-order valence-corrected chi connectivity index (χ1v) is 4.58. The summed E-state index contributed by atoms with van der Waals surface area (Å²) >= 11 is 5.76. The zero-order chi connectivity index (χ0) is 10.3. The molecule has 1 aromatic heterocycles. The molecule has 76 valence electrons. The van der Waals surface area contributed by atoms with Gasteiger partial charge in [-0.15, -0.1) is 0 Å². The van der Waals surface area contributed by atoms with Crippen molar-refractivity contribution in [3.63, 3.8) is 0 Å². The highest BCUT2D eigenvalue weighted by atomic mass is 35.5. The summed E-state index contributed by atoms with van der Waals surface area (Å²) in [6.45, 7) is 0. The molecule has 0 bridgehead atoms. The summed E-state index contributed by atoms with van der Waals surface area (Å²) in [5.41, 5.74) is 0.454. The molecule has 1 aromatic rings. The summed E-state index contributed by atoms with van der Waals surface area (Å²) in [6, 6.07) is 1.32. The molecular formula is C9H8ClF2NO. The van der Waals surface area contributed by atoms with E-state index in [9.17, 15) is 8.78 Å². The number of alkyl halides is 2. The molecule has 1 heterocycles. The van der Waals surface area contributed by atoms with Crippen LogP contribution in [0.4, 0.5) is 8.78 Å². The minimum Gasteiger partial charge on any atom is -0.506 e. The number of aromatic nitrogens is 1. The van der Waals surface area contributed by atoms with E-state index >= 15 is 0 Å². The molecule has 0 aliphatic heterocycles. The number of aromatic hydroxyl groups is 1. The predicted octanol–water partition coefficient (Wildman–Crippen LogP) is 2.95. The van der Waals surface area contributed by atoms with Crippen LogP contribution >= 0.6 is 11.6 Å². The molecule has 0 unspecified atom stereocenters. The van der Waals surface area contributed by atoms with Gasteiger partial charge in [-0.05, 0) is 0 Å². The highest BCUT2D eigenvalue weighted by Crippen LogP contribution is 2.49. The van der Waals surface area contributed by atoms with E-state index < -0.39 is 5.92 Å². The van der Waals surface area contributed by atoms with Crippen LogP contribution in [0.25, 0.3) is 0 Å². The van der Waals surface area contributed by atoms with Crippen LogP contribution in [0, 0.1) is 0 Å². The van der Waals surface area contributed by atoms with E-state index in [0.29, 0.717) is 5.69 Å². The summed E-state index contributed by atoms with van der Waals surface area (Å²) in [4.78, 5) is 3.85. The van der Waals surface area contributed by atoms with Crippen LogP contribution in [-0.2, 0) is 0 Å². The summed E-state index contributed by atoms with van der Waals surface area (Å²) in [5.74, 6) is -2.91. The molecular weight excluding hydrogens is 212 g/mol. The van der Waals surface area contributed by atoms with E-state index in [2.05, 4.69) is 4.98 Å². The second kappa shape index (κ2) is 3.05. The highest BCUT2D eigenvalue weighted by molar-refractivity contribution is 6.31. The summed E-state index contributed by atoms with van der Waals surface area (Å²) in [7, 11) is 0. The van der Waals surface area contributed by atoms with Crippen LogP contribution in [0.15, 0.2) is 12.3 Å². The van der Waals surface area contributed by atoms with E-state index in [1.807, 2.05) is 0 Å². The van der Waals surface area contributed by atoms with Gasteiger partial charge in [0.1, 0.15) is 5.75 Å². The summed E-state index contributed by atoms with van der Waals surface area (Å²) in [6.07, 6.45) is 0.812. The van der Waals surface area contributed by atoms with Crippen molar-refractivity contribution in [1.82, 2.24) is 4.98 Å². The predicted molar refractivity (Wildman–Crippen MR) is 47.8 cm³/mol. The van der Waals surface area contributed by atoms with E-state index in [1.165, 1.54) is 12.3 Å². The Hall–Kier alpha value is -0.900. The molecule has 1 saturated carbocycles. The summed E-state index contributed by atoms with van der Waals surface area (Å²) < 4.78 is 25.1. The summed E-state index contributed by atoms with van der Waals surface area (Å²) in [5, 5.41) is 9.27. The Morgan fingerprint density at radius 1 is 1.50 bits per heavy atom. The Morgan fingerprint density at radius 2 is 2.14 bits per heavy atom. The fraction of sp³-hybridized carbons (Fsp3) is 0.444. The first kappa shape index (κ1) is 9.65. The van der Waals surface area contributed by atoms with Crippen molar-refractivity contribution >= 4 is 11.6 Å². The molecule has 1 fully saturated rings. The van der Waals surface area contributed by atoms with E-state index in [1.54, 1.807) is 0 Å². The van der Waals surface area contributed by atoms with Gasteiger partial charge in [0, 0.05) is 24.8 Å². The number of hydrogen-bond acceptors (Lipinski definition) is 2. The quantitative estimate of drug-likeness (QED) is 0.788. The number of rotatable bonds is 1. The number of hydrogen-bond donors (Lipinski definition) is 1. The van der Waals surface area contributed by atoms with Crippen molar-refractivity contribution < 1.29 is 13.9 Å². The smallest absolute Gasteiger partial charge is 0.249 e. The van der Waals surface area contributed by atoms with Crippen LogP contribution in [-0.4, -0.2) is 16.0 Å². The highest BCUT2D eigenvalue weighted by Gasteiger charge is 2.47. The van der Waals surface area contributed by atoms with Crippen molar-refractivity contribution in [3.8, 4) is 5.75 Å².